The number of amides is 1. The van der Waals surface area contributed by atoms with Gasteiger partial charge in [-0.25, -0.2) is 8.78 Å². The standard InChI is InChI=1S/C19H21F2N5OS/c1-12-5-6-14(9-23-12)16(22-3)11-26(4)10-15-7-8-17(28-15)19(27)25-24-13(2)18(20)21/h5-9,11,18,24H,2-3,10H2,1,4H3,(H,25,27)/b16-11-. The van der Waals surface area contributed by atoms with Crippen LogP contribution in [0.4, 0.5) is 8.78 Å². The third-order valence-corrected chi connectivity index (χ3v) is 4.68. The van der Waals surface area contributed by atoms with Gasteiger partial charge in [-0.1, -0.05) is 6.58 Å². The van der Waals surface area contributed by atoms with E-state index in [2.05, 4.69) is 34.1 Å². The van der Waals surface area contributed by atoms with Crippen LogP contribution in [-0.2, 0) is 6.54 Å². The molecule has 0 saturated heterocycles. The van der Waals surface area contributed by atoms with Crippen molar-refractivity contribution >= 4 is 29.7 Å². The molecule has 0 spiro atoms. The molecule has 28 heavy (non-hydrogen) atoms. The summed E-state index contributed by atoms with van der Waals surface area (Å²) in [7, 11) is 1.88. The molecule has 2 aromatic heterocycles. The molecule has 0 fully saturated rings. The summed E-state index contributed by atoms with van der Waals surface area (Å²) in [6.07, 6.45) is 0.820. The van der Waals surface area contributed by atoms with Gasteiger partial charge in [0.1, 0.15) is 0 Å². The maximum Gasteiger partial charge on any atom is 0.279 e. The third kappa shape index (κ3) is 5.98. The topological polar surface area (TPSA) is 69.6 Å². The van der Waals surface area contributed by atoms with E-state index in [4.69, 9.17) is 0 Å². The minimum absolute atomic E-state index is 0.395. The largest absolute Gasteiger partial charge is 0.374 e. The Hall–Kier alpha value is -3.07. The first kappa shape index (κ1) is 21.2. The first-order chi connectivity index (χ1) is 13.3. The summed E-state index contributed by atoms with van der Waals surface area (Å²) in [5.74, 6) is -0.504. The van der Waals surface area contributed by atoms with Gasteiger partial charge < -0.3 is 4.90 Å². The highest BCUT2D eigenvalue weighted by molar-refractivity contribution is 7.14. The van der Waals surface area contributed by atoms with Gasteiger partial charge in [-0.2, -0.15) is 0 Å². The number of halogens is 2. The van der Waals surface area contributed by atoms with E-state index in [0.29, 0.717) is 17.1 Å². The number of hydrogen-bond acceptors (Lipinski definition) is 6. The number of rotatable bonds is 9. The summed E-state index contributed by atoms with van der Waals surface area (Å²) < 4.78 is 24.7. The van der Waals surface area contributed by atoms with Crippen LogP contribution in [0.25, 0.3) is 5.70 Å². The number of aryl methyl sites for hydroxylation is 1. The summed E-state index contributed by atoms with van der Waals surface area (Å²) in [6.45, 7) is 9.17. The van der Waals surface area contributed by atoms with Gasteiger partial charge in [-0.3, -0.25) is 25.6 Å². The van der Waals surface area contributed by atoms with Crippen LogP contribution in [0.15, 0.2) is 53.9 Å². The van der Waals surface area contributed by atoms with Gasteiger partial charge in [0, 0.05) is 35.6 Å². The molecule has 0 aromatic carbocycles. The number of thiophene rings is 1. The SMILES string of the molecule is C=N/C(=C\N(C)Cc1ccc(C(=O)NNC(=C)C(F)F)s1)c1ccc(C)nc1. The molecule has 0 aliphatic heterocycles. The van der Waals surface area contributed by atoms with E-state index in [-0.39, 0.29) is 0 Å². The molecule has 6 nitrogen and oxygen atoms in total. The number of alkyl halides is 2. The molecule has 0 unspecified atom stereocenters. The molecule has 148 valence electrons. The average Bonchev–Trinajstić information content (AvgIpc) is 3.13. The molecular weight excluding hydrogens is 384 g/mol. The van der Waals surface area contributed by atoms with E-state index in [0.717, 1.165) is 16.1 Å². The lowest BCUT2D eigenvalue weighted by molar-refractivity contribution is 0.0933. The monoisotopic (exact) mass is 405 g/mol. The van der Waals surface area contributed by atoms with Crippen molar-refractivity contribution in [3.63, 3.8) is 0 Å². The lowest BCUT2D eigenvalue weighted by atomic mass is 10.2. The summed E-state index contributed by atoms with van der Waals surface area (Å²) in [5, 5.41) is 0. The second-order valence-corrected chi connectivity index (χ2v) is 7.12. The van der Waals surface area contributed by atoms with Gasteiger partial charge in [-0.05, 0) is 37.9 Å². The predicted octanol–water partition coefficient (Wildman–Crippen LogP) is 3.60. The maximum atomic E-state index is 12.4. The number of carbonyl (C=O) groups excluding carboxylic acids is 1. The van der Waals surface area contributed by atoms with Crippen LogP contribution in [0, 0.1) is 6.92 Å². The third-order valence-electron chi connectivity index (χ3n) is 3.61. The van der Waals surface area contributed by atoms with Crippen LogP contribution in [0.3, 0.4) is 0 Å². The molecule has 0 aliphatic carbocycles. The lowest BCUT2D eigenvalue weighted by Gasteiger charge is -2.14. The molecule has 9 heteroatoms. The van der Waals surface area contributed by atoms with Crippen molar-refractivity contribution in [2.75, 3.05) is 7.05 Å². The van der Waals surface area contributed by atoms with E-state index < -0.39 is 18.0 Å². The zero-order chi connectivity index (χ0) is 20.7. The second kappa shape index (κ2) is 9.75. The zero-order valence-electron chi connectivity index (χ0n) is 15.6. The first-order valence-corrected chi connectivity index (χ1v) is 9.05. The van der Waals surface area contributed by atoms with Crippen molar-refractivity contribution in [1.29, 1.82) is 0 Å². The number of pyridine rings is 1. The number of nitrogens with one attached hydrogen (secondary N) is 2. The fourth-order valence-electron chi connectivity index (χ4n) is 2.16. The fraction of sp³-hybridized carbons (Fsp3) is 0.211. The van der Waals surface area contributed by atoms with Crippen LogP contribution in [0.5, 0.6) is 0 Å². The van der Waals surface area contributed by atoms with Crippen molar-refractivity contribution in [2.45, 2.75) is 19.9 Å². The van der Waals surface area contributed by atoms with Crippen molar-refractivity contribution < 1.29 is 13.6 Å². The molecule has 0 radical (unpaired) electrons. The first-order valence-electron chi connectivity index (χ1n) is 8.24. The number of hydrogen-bond donors (Lipinski definition) is 2. The van der Waals surface area contributed by atoms with Gasteiger partial charge in [0.15, 0.2) is 0 Å². The van der Waals surface area contributed by atoms with Gasteiger partial charge in [-0.15, -0.1) is 11.3 Å². The molecule has 2 N–H and O–H groups in total. The molecule has 0 atom stereocenters. The molecule has 0 saturated carbocycles. The molecule has 2 aromatic rings. The van der Waals surface area contributed by atoms with E-state index >= 15 is 0 Å². The number of allylic oxidation sites excluding steroid dienone is 1. The van der Waals surface area contributed by atoms with Gasteiger partial charge >= 0.3 is 0 Å². The molecule has 2 heterocycles. The Morgan fingerprint density at radius 2 is 2.11 bits per heavy atom. The highest BCUT2D eigenvalue weighted by Crippen LogP contribution is 2.20. The molecular formula is C19H21F2N5OS. The smallest absolute Gasteiger partial charge is 0.279 e. The Labute approximate surface area is 166 Å². The van der Waals surface area contributed by atoms with E-state index in [1.807, 2.05) is 37.2 Å². The minimum Gasteiger partial charge on any atom is -0.374 e. The van der Waals surface area contributed by atoms with Gasteiger partial charge in [0.25, 0.3) is 12.3 Å². The highest BCUT2D eigenvalue weighted by Gasteiger charge is 2.13. The molecule has 0 aliphatic rings. The minimum atomic E-state index is -2.75. The quantitative estimate of drug-likeness (QED) is 0.494. The predicted molar refractivity (Wildman–Crippen MR) is 108 cm³/mol. The Morgan fingerprint density at radius 1 is 1.36 bits per heavy atom. The van der Waals surface area contributed by atoms with Crippen LogP contribution in [-0.4, -0.2) is 36.0 Å². The summed E-state index contributed by atoms with van der Waals surface area (Å²) in [5.41, 5.74) is 6.18. The van der Waals surface area contributed by atoms with E-state index in [9.17, 15) is 13.6 Å². The van der Waals surface area contributed by atoms with Crippen LogP contribution < -0.4 is 10.9 Å². The van der Waals surface area contributed by atoms with Crippen LogP contribution in [0.2, 0.25) is 0 Å². The van der Waals surface area contributed by atoms with Crippen LogP contribution in [0.1, 0.15) is 25.8 Å². The number of aromatic nitrogens is 1. The average molecular weight is 405 g/mol. The van der Waals surface area contributed by atoms with Crippen molar-refractivity contribution in [2.24, 2.45) is 4.99 Å². The normalized spacial score (nSPS) is 11.2. The summed E-state index contributed by atoms with van der Waals surface area (Å²) in [6, 6.07) is 7.26. The van der Waals surface area contributed by atoms with Gasteiger partial charge in [0.05, 0.1) is 22.8 Å². The van der Waals surface area contributed by atoms with E-state index in [1.165, 1.54) is 11.3 Å². The Morgan fingerprint density at radius 3 is 2.71 bits per heavy atom. The zero-order valence-corrected chi connectivity index (χ0v) is 16.4. The fourth-order valence-corrected chi connectivity index (χ4v) is 3.13. The molecule has 2 rings (SSSR count). The Balaban J connectivity index is 1.99. The highest BCUT2D eigenvalue weighted by atomic mass is 32.1. The van der Waals surface area contributed by atoms with E-state index in [1.54, 1.807) is 18.3 Å². The van der Waals surface area contributed by atoms with Crippen molar-refractivity contribution in [3.05, 3.63) is 69.9 Å². The number of carbonyl (C=O) groups is 1. The Kier molecular flexibility index (Phi) is 7.39. The van der Waals surface area contributed by atoms with Gasteiger partial charge in [0.2, 0.25) is 0 Å². The van der Waals surface area contributed by atoms with Crippen molar-refractivity contribution in [3.8, 4) is 0 Å². The molecule has 0 bridgehead atoms. The number of nitrogens with zero attached hydrogens (tertiary/aromatic N) is 3. The van der Waals surface area contributed by atoms with Crippen LogP contribution >= 0.6 is 11.3 Å². The maximum absolute atomic E-state index is 12.4. The van der Waals surface area contributed by atoms with Crippen molar-refractivity contribution in [1.82, 2.24) is 20.7 Å². The Bertz CT molecular complexity index is 877. The number of aliphatic imine (C=N–C) groups is 1. The number of hydrazine groups is 1. The second-order valence-electron chi connectivity index (χ2n) is 5.95. The lowest BCUT2D eigenvalue weighted by Crippen LogP contribution is -2.37. The molecule has 1 amide bonds. The summed E-state index contributed by atoms with van der Waals surface area (Å²) >= 11 is 1.26. The summed E-state index contributed by atoms with van der Waals surface area (Å²) in [4.78, 5) is 23.5.